The van der Waals surface area contributed by atoms with Crippen molar-refractivity contribution < 1.29 is 0 Å². The number of benzene rings is 1. The highest BCUT2D eigenvalue weighted by molar-refractivity contribution is 7.80. The number of thiocarbonyl (C=S) groups is 1. The van der Waals surface area contributed by atoms with Gasteiger partial charge in [0.1, 0.15) is 0 Å². The van der Waals surface area contributed by atoms with Crippen LogP contribution >= 0.6 is 12.2 Å². The molecule has 0 unspecified atom stereocenters. The Morgan fingerprint density at radius 1 is 1.14 bits per heavy atom. The van der Waals surface area contributed by atoms with Crippen LogP contribution in [0.1, 0.15) is 68.5 Å². The van der Waals surface area contributed by atoms with Crippen molar-refractivity contribution >= 4 is 17.3 Å². The molecule has 0 radical (unpaired) electrons. The van der Waals surface area contributed by atoms with Crippen LogP contribution in [0, 0.1) is 19.8 Å². The molecule has 4 nitrogen and oxygen atoms in total. The van der Waals surface area contributed by atoms with Gasteiger partial charge in [0.15, 0.2) is 5.11 Å². The molecule has 2 aromatic rings. The maximum atomic E-state index is 5.44. The van der Waals surface area contributed by atoms with Crippen LogP contribution in [-0.2, 0) is 0 Å². The summed E-state index contributed by atoms with van der Waals surface area (Å²) in [6, 6.07) is 9.02. The van der Waals surface area contributed by atoms with E-state index in [1.54, 1.807) is 0 Å². The van der Waals surface area contributed by atoms with Gasteiger partial charge in [-0.3, -0.25) is 0 Å². The fraction of sp³-hybridized carbons (Fsp3) is 0.500. The maximum Gasteiger partial charge on any atom is 0.166 e. The lowest BCUT2D eigenvalue weighted by Gasteiger charge is -2.18. The molecule has 1 aliphatic rings. The first-order chi connectivity index (χ1) is 13.8. The lowest BCUT2D eigenvalue weighted by atomic mass is 9.96. The molecule has 5 heteroatoms. The van der Waals surface area contributed by atoms with Crippen LogP contribution in [0.2, 0.25) is 0 Å². The molecule has 0 amide bonds. The van der Waals surface area contributed by atoms with Gasteiger partial charge in [0.2, 0.25) is 0 Å². The van der Waals surface area contributed by atoms with E-state index in [0.29, 0.717) is 17.8 Å². The van der Waals surface area contributed by atoms with Gasteiger partial charge in [-0.05, 0) is 62.0 Å². The number of allylic oxidation sites excluding steroid dienone is 1. The van der Waals surface area contributed by atoms with Crippen molar-refractivity contribution in [2.24, 2.45) is 5.92 Å². The minimum Gasteiger partial charge on any atom is -0.362 e. The number of aryl methyl sites for hydroxylation is 1. The third-order valence-corrected chi connectivity index (χ3v) is 5.86. The zero-order valence-corrected chi connectivity index (χ0v) is 19.3. The van der Waals surface area contributed by atoms with Crippen LogP contribution in [0.25, 0.3) is 5.69 Å². The van der Waals surface area contributed by atoms with Gasteiger partial charge in [-0.2, -0.15) is 5.10 Å². The van der Waals surface area contributed by atoms with Crippen molar-refractivity contribution in [3.8, 4) is 5.69 Å². The van der Waals surface area contributed by atoms with Crippen LogP contribution in [-0.4, -0.2) is 27.5 Å². The molecule has 156 valence electrons. The lowest BCUT2D eigenvalue weighted by Crippen LogP contribution is -2.41. The molecule has 0 aliphatic heterocycles. The van der Waals surface area contributed by atoms with Gasteiger partial charge in [0, 0.05) is 29.8 Å². The molecule has 1 aromatic heterocycles. The smallest absolute Gasteiger partial charge is 0.166 e. The van der Waals surface area contributed by atoms with Crippen molar-refractivity contribution in [2.75, 3.05) is 6.54 Å². The van der Waals surface area contributed by atoms with Crippen molar-refractivity contribution in [2.45, 2.75) is 65.8 Å². The first-order valence-corrected chi connectivity index (χ1v) is 11.1. The Bertz CT molecular complexity index is 877. The third-order valence-electron chi connectivity index (χ3n) is 5.59. The van der Waals surface area contributed by atoms with Crippen molar-refractivity contribution in [3.63, 3.8) is 0 Å². The number of hydrogen-bond donors (Lipinski definition) is 2. The number of nitrogens with one attached hydrogen (secondary N) is 2. The fourth-order valence-corrected chi connectivity index (χ4v) is 4.21. The SMILES string of the molecule is Cc1nn(-c2ccc(C(C)C)cc2)c(C)c1[C@@H]1C=C[C@@H](NC(=S)NCC(C)C)C1. The Labute approximate surface area is 180 Å². The molecule has 0 saturated carbocycles. The molecule has 0 bridgehead atoms. The second-order valence-electron chi connectivity index (χ2n) is 8.82. The molecular weight excluding hydrogens is 376 g/mol. The largest absolute Gasteiger partial charge is 0.362 e. The summed E-state index contributed by atoms with van der Waals surface area (Å²) in [7, 11) is 0. The minimum absolute atomic E-state index is 0.264. The molecule has 3 rings (SSSR count). The summed E-state index contributed by atoms with van der Waals surface area (Å²) >= 11 is 5.44. The average molecular weight is 411 g/mol. The first kappa shape index (κ1) is 21.6. The van der Waals surface area contributed by atoms with E-state index in [0.717, 1.165) is 29.5 Å². The van der Waals surface area contributed by atoms with E-state index in [9.17, 15) is 0 Å². The Balaban J connectivity index is 1.71. The standard InChI is InChI=1S/C24H34N4S/c1-15(2)14-25-24(29)26-21-10-7-20(13-21)23-17(5)27-28(18(23)6)22-11-8-19(9-12-22)16(3)4/h7-12,15-16,20-21H,13-14H2,1-6H3,(H2,25,26,29)/t20-,21-/m1/s1. The topological polar surface area (TPSA) is 41.9 Å². The Morgan fingerprint density at radius 3 is 2.45 bits per heavy atom. The van der Waals surface area contributed by atoms with Crippen molar-refractivity contribution in [1.29, 1.82) is 0 Å². The minimum atomic E-state index is 0.264. The van der Waals surface area contributed by atoms with Gasteiger partial charge in [-0.25, -0.2) is 4.68 Å². The first-order valence-electron chi connectivity index (χ1n) is 10.7. The van der Waals surface area contributed by atoms with E-state index in [2.05, 4.69) is 93.3 Å². The van der Waals surface area contributed by atoms with Gasteiger partial charge in [0.05, 0.1) is 11.4 Å². The number of nitrogens with zero attached hydrogens (tertiary/aromatic N) is 2. The molecule has 2 N–H and O–H groups in total. The van der Waals surface area contributed by atoms with Crippen LogP contribution in [0.15, 0.2) is 36.4 Å². The Morgan fingerprint density at radius 2 is 1.83 bits per heavy atom. The number of aromatic nitrogens is 2. The third kappa shape index (κ3) is 5.08. The maximum absolute atomic E-state index is 5.44. The molecule has 1 aromatic carbocycles. The van der Waals surface area contributed by atoms with Crippen molar-refractivity contribution in [3.05, 3.63) is 58.9 Å². The normalized spacial score (nSPS) is 18.6. The fourth-order valence-electron chi connectivity index (χ4n) is 3.98. The zero-order valence-electron chi connectivity index (χ0n) is 18.5. The van der Waals surface area contributed by atoms with E-state index in [1.165, 1.54) is 16.8 Å². The summed E-state index contributed by atoms with van der Waals surface area (Å²) in [6.45, 7) is 14.0. The van der Waals surface area contributed by atoms with Crippen LogP contribution in [0.5, 0.6) is 0 Å². The lowest BCUT2D eigenvalue weighted by molar-refractivity contribution is 0.602. The summed E-state index contributed by atoms with van der Waals surface area (Å²) < 4.78 is 2.08. The monoisotopic (exact) mass is 410 g/mol. The van der Waals surface area contributed by atoms with Gasteiger partial charge in [-0.15, -0.1) is 0 Å². The molecule has 0 saturated heterocycles. The summed E-state index contributed by atoms with van der Waals surface area (Å²) in [5.41, 5.74) is 6.13. The summed E-state index contributed by atoms with van der Waals surface area (Å²) in [5, 5.41) is 12.3. The highest BCUT2D eigenvalue weighted by atomic mass is 32.1. The van der Waals surface area contributed by atoms with E-state index in [-0.39, 0.29) is 6.04 Å². The molecule has 2 atom stereocenters. The van der Waals surface area contributed by atoms with Crippen LogP contribution < -0.4 is 10.6 Å². The molecular formula is C24H34N4S. The highest BCUT2D eigenvalue weighted by Gasteiger charge is 2.26. The summed E-state index contributed by atoms with van der Waals surface area (Å²) in [4.78, 5) is 0. The second-order valence-corrected chi connectivity index (χ2v) is 9.23. The van der Waals surface area contributed by atoms with Gasteiger partial charge in [0.25, 0.3) is 0 Å². The number of hydrogen-bond acceptors (Lipinski definition) is 2. The van der Waals surface area contributed by atoms with E-state index >= 15 is 0 Å². The zero-order chi connectivity index (χ0) is 21.1. The molecule has 1 heterocycles. The van der Waals surface area contributed by atoms with Gasteiger partial charge < -0.3 is 10.6 Å². The van der Waals surface area contributed by atoms with Gasteiger partial charge in [-0.1, -0.05) is 52.0 Å². The van der Waals surface area contributed by atoms with E-state index in [1.807, 2.05) is 0 Å². The quantitative estimate of drug-likeness (QED) is 0.511. The molecule has 0 fully saturated rings. The second kappa shape index (κ2) is 9.12. The molecule has 1 aliphatic carbocycles. The Hall–Kier alpha value is -2.14. The molecule has 29 heavy (non-hydrogen) atoms. The van der Waals surface area contributed by atoms with E-state index in [4.69, 9.17) is 17.3 Å². The van der Waals surface area contributed by atoms with Gasteiger partial charge >= 0.3 is 0 Å². The average Bonchev–Trinajstić information content (AvgIpc) is 3.23. The van der Waals surface area contributed by atoms with Crippen LogP contribution in [0.4, 0.5) is 0 Å². The van der Waals surface area contributed by atoms with Crippen molar-refractivity contribution in [1.82, 2.24) is 20.4 Å². The van der Waals surface area contributed by atoms with E-state index < -0.39 is 0 Å². The predicted molar refractivity (Wildman–Crippen MR) is 126 cm³/mol. The number of rotatable bonds is 6. The Kier molecular flexibility index (Phi) is 6.78. The van der Waals surface area contributed by atoms with Crippen LogP contribution in [0.3, 0.4) is 0 Å². The predicted octanol–water partition coefficient (Wildman–Crippen LogP) is 5.14. The molecule has 0 spiro atoms. The highest BCUT2D eigenvalue weighted by Crippen LogP contribution is 2.34. The summed E-state index contributed by atoms with van der Waals surface area (Å²) in [5.74, 6) is 1.48. The summed E-state index contributed by atoms with van der Waals surface area (Å²) in [6.07, 6.45) is 5.54.